The molecule has 1 aromatic carbocycles. The number of benzene rings is 1. The van der Waals surface area contributed by atoms with Crippen molar-refractivity contribution in [3.05, 3.63) is 77.1 Å². The SMILES string of the molecule is Cc1nc(N2CCC3(CC2)Cc2cccnc2C3)c2c(CO)cnn2c1-c1ccccc1F. The fraction of sp³-hybridized carbons (Fsp3) is 0.346. The smallest absolute Gasteiger partial charge is 0.155 e. The summed E-state index contributed by atoms with van der Waals surface area (Å²) in [7, 11) is 0. The average Bonchev–Trinajstić information content (AvgIpc) is 3.41. The third-order valence-electron chi connectivity index (χ3n) is 7.40. The predicted molar refractivity (Wildman–Crippen MR) is 125 cm³/mol. The lowest BCUT2D eigenvalue weighted by atomic mass is 9.76. The van der Waals surface area contributed by atoms with Crippen LogP contribution >= 0.6 is 0 Å². The first-order chi connectivity index (χ1) is 16.1. The Kier molecular flexibility index (Phi) is 4.69. The molecule has 4 aromatic rings. The van der Waals surface area contributed by atoms with E-state index in [2.05, 4.69) is 21.0 Å². The van der Waals surface area contributed by atoms with Gasteiger partial charge in [-0.05, 0) is 61.8 Å². The van der Waals surface area contributed by atoms with Crippen molar-refractivity contribution < 1.29 is 9.50 Å². The molecule has 1 aliphatic heterocycles. The van der Waals surface area contributed by atoms with E-state index >= 15 is 0 Å². The van der Waals surface area contributed by atoms with Crippen LogP contribution in [0.15, 0.2) is 48.8 Å². The number of piperidine rings is 1. The number of anilines is 1. The maximum Gasteiger partial charge on any atom is 0.155 e. The minimum atomic E-state index is -0.313. The van der Waals surface area contributed by atoms with Gasteiger partial charge < -0.3 is 10.0 Å². The molecule has 0 unspecified atom stereocenters. The Balaban J connectivity index is 1.38. The van der Waals surface area contributed by atoms with Gasteiger partial charge in [0.1, 0.15) is 11.3 Å². The molecule has 1 saturated heterocycles. The number of aliphatic hydroxyl groups excluding tert-OH is 1. The van der Waals surface area contributed by atoms with E-state index in [4.69, 9.17) is 4.98 Å². The predicted octanol–water partition coefficient (Wildman–Crippen LogP) is 4.12. The highest BCUT2D eigenvalue weighted by molar-refractivity contribution is 5.78. The van der Waals surface area contributed by atoms with Gasteiger partial charge in [-0.15, -0.1) is 0 Å². The third kappa shape index (κ3) is 3.22. The topological polar surface area (TPSA) is 66.5 Å². The lowest BCUT2D eigenvalue weighted by Crippen LogP contribution is -2.41. The first kappa shape index (κ1) is 20.3. The van der Waals surface area contributed by atoms with Crippen molar-refractivity contribution in [2.45, 2.75) is 39.2 Å². The van der Waals surface area contributed by atoms with Crippen molar-refractivity contribution in [2.24, 2.45) is 5.41 Å². The lowest BCUT2D eigenvalue weighted by molar-refractivity contribution is 0.231. The molecule has 168 valence electrons. The number of aromatic nitrogens is 4. The minimum Gasteiger partial charge on any atom is -0.392 e. The second-order valence-electron chi connectivity index (χ2n) is 9.39. The molecule has 7 heteroatoms. The molecule has 0 amide bonds. The summed E-state index contributed by atoms with van der Waals surface area (Å²) in [4.78, 5) is 11.9. The number of halogens is 1. The molecule has 2 aliphatic rings. The lowest BCUT2D eigenvalue weighted by Gasteiger charge is -2.40. The van der Waals surface area contributed by atoms with Crippen molar-refractivity contribution in [3.63, 3.8) is 0 Å². The standard InChI is InChI=1S/C26H26FN5O/c1-17-23(20-6-2-3-7-21(20)27)32-24(19(16-33)15-29-32)25(30-17)31-11-8-26(9-12-31)13-18-5-4-10-28-22(18)14-26/h2-7,10,15,33H,8-9,11-14,16H2,1H3. The maximum absolute atomic E-state index is 14.7. The van der Waals surface area contributed by atoms with Crippen LogP contribution < -0.4 is 4.90 Å². The van der Waals surface area contributed by atoms with Gasteiger partial charge in [0, 0.05) is 36.1 Å². The van der Waals surface area contributed by atoms with Crippen molar-refractivity contribution in [1.29, 1.82) is 0 Å². The molecule has 33 heavy (non-hydrogen) atoms. The van der Waals surface area contributed by atoms with Crippen molar-refractivity contribution in [2.75, 3.05) is 18.0 Å². The zero-order chi connectivity index (χ0) is 22.6. The molecule has 1 spiro atoms. The molecule has 4 heterocycles. The quantitative estimate of drug-likeness (QED) is 0.516. The van der Waals surface area contributed by atoms with Gasteiger partial charge in [0.25, 0.3) is 0 Å². The summed E-state index contributed by atoms with van der Waals surface area (Å²) >= 11 is 0. The van der Waals surface area contributed by atoms with Gasteiger partial charge in [-0.25, -0.2) is 13.9 Å². The molecule has 1 fully saturated rings. The van der Waals surface area contributed by atoms with Crippen LogP contribution in [0.25, 0.3) is 16.8 Å². The Labute approximate surface area is 191 Å². The molecular weight excluding hydrogens is 417 g/mol. The molecule has 3 aromatic heterocycles. The molecule has 0 bridgehead atoms. The summed E-state index contributed by atoms with van der Waals surface area (Å²) in [5.41, 5.74) is 6.16. The minimum absolute atomic E-state index is 0.142. The normalized spacial score (nSPS) is 17.1. The summed E-state index contributed by atoms with van der Waals surface area (Å²) in [5.74, 6) is 0.504. The maximum atomic E-state index is 14.7. The summed E-state index contributed by atoms with van der Waals surface area (Å²) in [6.45, 7) is 3.52. The molecular formula is C26H26FN5O. The van der Waals surface area contributed by atoms with Gasteiger partial charge in [0.05, 0.1) is 24.2 Å². The van der Waals surface area contributed by atoms with Gasteiger partial charge in [-0.1, -0.05) is 18.2 Å². The first-order valence-corrected chi connectivity index (χ1v) is 11.5. The number of aryl methyl sites for hydroxylation is 1. The van der Waals surface area contributed by atoms with E-state index in [-0.39, 0.29) is 17.8 Å². The van der Waals surface area contributed by atoms with E-state index in [1.807, 2.05) is 25.3 Å². The number of hydrogen-bond acceptors (Lipinski definition) is 5. The number of fused-ring (bicyclic) bond motifs is 2. The average molecular weight is 444 g/mol. The van der Waals surface area contributed by atoms with Crippen LogP contribution in [0.3, 0.4) is 0 Å². The number of rotatable bonds is 3. The fourth-order valence-corrected chi connectivity index (χ4v) is 5.67. The van der Waals surface area contributed by atoms with Crippen LogP contribution in [0.1, 0.15) is 35.4 Å². The second-order valence-corrected chi connectivity index (χ2v) is 9.39. The van der Waals surface area contributed by atoms with Gasteiger partial charge >= 0.3 is 0 Å². The molecule has 0 atom stereocenters. The van der Waals surface area contributed by atoms with Crippen LogP contribution in [-0.4, -0.2) is 37.8 Å². The third-order valence-corrected chi connectivity index (χ3v) is 7.40. The van der Waals surface area contributed by atoms with E-state index in [1.54, 1.807) is 22.8 Å². The molecule has 0 radical (unpaired) electrons. The Morgan fingerprint density at radius 2 is 1.91 bits per heavy atom. The molecule has 6 nitrogen and oxygen atoms in total. The van der Waals surface area contributed by atoms with Crippen molar-refractivity contribution >= 4 is 11.3 Å². The summed E-state index contributed by atoms with van der Waals surface area (Å²) < 4.78 is 16.4. The van der Waals surface area contributed by atoms with Crippen LogP contribution in [0, 0.1) is 18.2 Å². The van der Waals surface area contributed by atoms with Crippen LogP contribution in [0.4, 0.5) is 10.2 Å². The Hall–Kier alpha value is -3.32. The van der Waals surface area contributed by atoms with E-state index < -0.39 is 0 Å². The van der Waals surface area contributed by atoms with Crippen LogP contribution in [0.2, 0.25) is 0 Å². The molecule has 1 aliphatic carbocycles. The monoisotopic (exact) mass is 443 g/mol. The van der Waals surface area contributed by atoms with Gasteiger partial charge in [0.15, 0.2) is 5.82 Å². The van der Waals surface area contributed by atoms with E-state index in [0.717, 1.165) is 50.1 Å². The fourth-order valence-electron chi connectivity index (χ4n) is 5.67. The summed E-state index contributed by atoms with van der Waals surface area (Å²) in [6.07, 6.45) is 7.81. The second kappa shape index (κ2) is 7.63. The Morgan fingerprint density at radius 1 is 1.09 bits per heavy atom. The number of pyridine rings is 1. The molecule has 6 rings (SSSR count). The highest BCUT2D eigenvalue weighted by Gasteiger charge is 2.41. The zero-order valence-electron chi connectivity index (χ0n) is 18.6. The van der Waals surface area contributed by atoms with E-state index in [9.17, 15) is 9.50 Å². The Bertz CT molecular complexity index is 1330. The van der Waals surface area contributed by atoms with Crippen molar-refractivity contribution in [3.8, 4) is 11.3 Å². The summed E-state index contributed by atoms with van der Waals surface area (Å²) in [6, 6.07) is 10.9. The highest BCUT2D eigenvalue weighted by atomic mass is 19.1. The van der Waals surface area contributed by atoms with Gasteiger partial charge in [-0.3, -0.25) is 4.98 Å². The largest absolute Gasteiger partial charge is 0.392 e. The van der Waals surface area contributed by atoms with Crippen LogP contribution in [-0.2, 0) is 19.4 Å². The summed E-state index contributed by atoms with van der Waals surface area (Å²) in [5, 5.41) is 14.6. The van der Waals surface area contributed by atoms with Gasteiger partial charge in [0.2, 0.25) is 0 Å². The van der Waals surface area contributed by atoms with Gasteiger partial charge in [-0.2, -0.15) is 5.10 Å². The zero-order valence-corrected chi connectivity index (χ0v) is 18.6. The molecule has 0 saturated carbocycles. The van der Waals surface area contributed by atoms with Crippen LogP contribution in [0.5, 0.6) is 0 Å². The number of aliphatic hydroxyl groups is 1. The van der Waals surface area contributed by atoms with E-state index in [1.165, 1.54) is 17.3 Å². The van der Waals surface area contributed by atoms with Crippen molar-refractivity contribution in [1.82, 2.24) is 19.6 Å². The molecule has 1 N–H and O–H groups in total. The Morgan fingerprint density at radius 3 is 2.67 bits per heavy atom. The highest BCUT2D eigenvalue weighted by Crippen LogP contribution is 2.45. The first-order valence-electron chi connectivity index (χ1n) is 11.5. The number of nitrogens with zero attached hydrogens (tertiary/aromatic N) is 5. The number of hydrogen-bond donors (Lipinski definition) is 1. The van der Waals surface area contributed by atoms with E-state index in [0.29, 0.717) is 22.5 Å².